The predicted molar refractivity (Wildman–Crippen MR) is 89.3 cm³/mol. The van der Waals surface area contributed by atoms with Crippen LogP contribution in [0.3, 0.4) is 0 Å². The Bertz CT molecular complexity index is 619. The molecule has 4 rings (SSSR count). The maximum absolute atomic E-state index is 12.3. The zero-order valence-corrected chi connectivity index (χ0v) is 15.0. The van der Waals surface area contributed by atoms with Crippen molar-refractivity contribution in [2.24, 2.45) is 41.4 Å². The van der Waals surface area contributed by atoms with Crippen molar-refractivity contribution in [2.75, 3.05) is 0 Å². The molecule has 0 aromatic heterocycles. The standard InChI is InChI=1S/C20H28O4/c1-9-5-6-13-12(4)18(24-20(22)16(9)13)15-7-14-10(2)8-23-19(21)17(14)11(15)3/h8-9,11,13-17,20,22H,5-7H2,1-4H3/t9-,11-,13+,14+,15?,16+,17+,20+/m0/s1. The molecular weight excluding hydrogens is 304 g/mol. The van der Waals surface area contributed by atoms with Crippen molar-refractivity contribution in [3.8, 4) is 0 Å². The van der Waals surface area contributed by atoms with E-state index in [1.54, 1.807) is 6.26 Å². The molecule has 132 valence electrons. The lowest BCUT2D eigenvalue weighted by atomic mass is 9.79. The highest BCUT2D eigenvalue weighted by Crippen LogP contribution is 2.55. The maximum atomic E-state index is 12.3. The first kappa shape index (κ1) is 16.2. The van der Waals surface area contributed by atoms with Crippen LogP contribution in [0, 0.1) is 41.4 Å². The molecule has 0 radical (unpaired) electrons. The second-order valence-electron chi connectivity index (χ2n) is 8.43. The quantitative estimate of drug-likeness (QED) is 0.745. The number of carbonyl (C=O) groups is 1. The molecule has 2 aliphatic carbocycles. The number of aliphatic hydroxyl groups excluding tert-OH is 1. The number of esters is 1. The van der Waals surface area contributed by atoms with Crippen LogP contribution in [0.5, 0.6) is 0 Å². The number of cyclic esters (lactones) is 1. The number of ether oxygens (including phenoxy) is 2. The smallest absolute Gasteiger partial charge is 0.314 e. The third-order valence-corrected chi connectivity index (χ3v) is 7.27. The van der Waals surface area contributed by atoms with Gasteiger partial charge in [0.15, 0.2) is 0 Å². The average Bonchev–Trinajstić information content (AvgIpc) is 3.09. The maximum Gasteiger partial charge on any atom is 0.314 e. The van der Waals surface area contributed by atoms with Crippen LogP contribution >= 0.6 is 0 Å². The molecule has 0 bridgehead atoms. The molecule has 0 spiro atoms. The van der Waals surface area contributed by atoms with Gasteiger partial charge in [-0.3, -0.25) is 4.79 Å². The normalized spacial score (nSPS) is 47.7. The lowest BCUT2D eigenvalue weighted by Crippen LogP contribution is -2.37. The fraction of sp³-hybridized carbons (Fsp3) is 0.750. The van der Waals surface area contributed by atoms with Crippen molar-refractivity contribution in [3.05, 3.63) is 23.2 Å². The van der Waals surface area contributed by atoms with Gasteiger partial charge in [-0.2, -0.15) is 0 Å². The molecule has 4 aliphatic rings. The van der Waals surface area contributed by atoms with Crippen LogP contribution < -0.4 is 0 Å². The highest BCUT2D eigenvalue weighted by molar-refractivity contribution is 5.76. The van der Waals surface area contributed by atoms with Crippen LogP contribution in [0.1, 0.15) is 47.0 Å². The van der Waals surface area contributed by atoms with Gasteiger partial charge < -0.3 is 14.6 Å². The van der Waals surface area contributed by atoms with Gasteiger partial charge in [0, 0.05) is 11.8 Å². The Balaban J connectivity index is 1.67. The van der Waals surface area contributed by atoms with Crippen LogP contribution in [0.15, 0.2) is 23.2 Å². The Morgan fingerprint density at radius 3 is 2.58 bits per heavy atom. The van der Waals surface area contributed by atoms with Crippen molar-refractivity contribution < 1.29 is 19.4 Å². The summed E-state index contributed by atoms with van der Waals surface area (Å²) in [6.07, 6.45) is 4.11. The first-order valence-corrected chi connectivity index (χ1v) is 9.32. The molecule has 0 saturated heterocycles. The van der Waals surface area contributed by atoms with Gasteiger partial charge in [-0.1, -0.05) is 13.8 Å². The minimum absolute atomic E-state index is 0.0822. The number of rotatable bonds is 1. The molecule has 4 nitrogen and oxygen atoms in total. The fourth-order valence-electron chi connectivity index (χ4n) is 5.84. The number of fused-ring (bicyclic) bond motifs is 2. The molecule has 1 unspecified atom stereocenters. The summed E-state index contributed by atoms with van der Waals surface area (Å²) in [4.78, 5) is 12.3. The van der Waals surface area contributed by atoms with Crippen LogP contribution in [0.25, 0.3) is 0 Å². The topological polar surface area (TPSA) is 55.8 Å². The molecule has 2 fully saturated rings. The van der Waals surface area contributed by atoms with E-state index >= 15 is 0 Å². The highest BCUT2D eigenvalue weighted by atomic mass is 16.6. The Morgan fingerprint density at radius 2 is 1.88 bits per heavy atom. The highest BCUT2D eigenvalue weighted by Gasteiger charge is 2.53. The van der Waals surface area contributed by atoms with E-state index in [4.69, 9.17) is 9.47 Å². The molecule has 2 saturated carbocycles. The number of carbonyl (C=O) groups excluding carboxylic acids is 1. The number of hydrogen-bond acceptors (Lipinski definition) is 4. The Kier molecular flexibility index (Phi) is 3.79. The summed E-state index contributed by atoms with van der Waals surface area (Å²) < 4.78 is 11.3. The van der Waals surface area contributed by atoms with Gasteiger partial charge in [0.2, 0.25) is 6.29 Å². The zero-order chi connectivity index (χ0) is 17.2. The minimum Gasteiger partial charge on any atom is -0.469 e. The summed E-state index contributed by atoms with van der Waals surface area (Å²) in [5.41, 5.74) is 2.45. The molecule has 0 aromatic rings. The molecule has 2 aliphatic heterocycles. The second kappa shape index (κ2) is 5.62. The van der Waals surface area contributed by atoms with Crippen molar-refractivity contribution in [1.29, 1.82) is 0 Å². The van der Waals surface area contributed by atoms with E-state index in [0.717, 1.165) is 30.6 Å². The van der Waals surface area contributed by atoms with Crippen LogP contribution in [-0.2, 0) is 14.3 Å². The van der Waals surface area contributed by atoms with Crippen molar-refractivity contribution >= 4 is 5.97 Å². The van der Waals surface area contributed by atoms with Gasteiger partial charge in [0.25, 0.3) is 0 Å². The molecule has 8 atom stereocenters. The predicted octanol–water partition coefficient (Wildman–Crippen LogP) is 3.62. The lowest BCUT2D eigenvalue weighted by Gasteiger charge is -2.38. The van der Waals surface area contributed by atoms with E-state index < -0.39 is 6.29 Å². The first-order chi connectivity index (χ1) is 11.4. The lowest BCUT2D eigenvalue weighted by molar-refractivity contribution is -0.148. The Hall–Kier alpha value is -1.29. The summed E-state index contributed by atoms with van der Waals surface area (Å²) in [5.74, 6) is 2.54. The Morgan fingerprint density at radius 1 is 1.12 bits per heavy atom. The summed E-state index contributed by atoms with van der Waals surface area (Å²) in [7, 11) is 0. The van der Waals surface area contributed by atoms with Gasteiger partial charge in [-0.25, -0.2) is 0 Å². The van der Waals surface area contributed by atoms with Gasteiger partial charge in [0.1, 0.15) is 5.76 Å². The molecule has 2 heterocycles. The van der Waals surface area contributed by atoms with Gasteiger partial charge in [-0.05, 0) is 67.9 Å². The van der Waals surface area contributed by atoms with Crippen LogP contribution in [-0.4, -0.2) is 17.4 Å². The molecule has 1 N–H and O–H groups in total. The van der Waals surface area contributed by atoms with Crippen LogP contribution in [0.2, 0.25) is 0 Å². The monoisotopic (exact) mass is 332 g/mol. The molecule has 0 aromatic carbocycles. The van der Waals surface area contributed by atoms with Crippen molar-refractivity contribution in [3.63, 3.8) is 0 Å². The first-order valence-electron chi connectivity index (χ1n) is 9.32. The fourth-order valence-corrected chi connectivity index (χ4v) is 5.84. The third kappa shape index (κ3) is 2.18. The van der Waals surface area contributed by atoms with Gasteiger partial charge in [-0.15, -0.1) is 0 Å². The van der Waals surface area contributed by atoms with Gasteiger partial charge >= 0.3 is 5.97 Å². The number of hydrogen-bond donors (Lipinski definition) is 1. The van der Waals surface area contributed by atoms with E-state index in [0.29, 0.717) is 11.8 Å². The van der Waals surface area contributed by atoms with E-state index in [1.807, 2.05) is 6.92 Å². The molecular formula is C20H28O4. The van der Waals surface area contributed by atoms with E-state index in [1.165, 1.54) is 5.57 Å². The van der Waals surface area contributed by atoms with Crippen molar-refractivity contribution in [2.45, 2.75) is 53.2 Å². The van der Waals surface area contributed by atoms with Crippen molar-refractivity contribution in [1.82, 2.24) is 0 Å². The van der Waals surface area contributed by atoms with Crippen LogP contribution in [0.4, 0.5) is 0 Å². The number of aliphatic hydroxyl groups is 1. The largest absolute Gasteiger partial charge is 0.469 e. The van der Waals surface area contributed by atoms with Gasteiger partial charge in [0.05, 0.1) is 12.2 Å². The third-order valence-electron chi connectivity index (χ3n) is 7.27. The summed E-state index contributed by atoms with van der Waals surface area (Å²) in [6.45, 7) is 8.57. The van der Waals surface area contributed by atoms with E-state index in [-0.39, 0.29) is 35.6 Å². The molecule has 24 heavy (non-hydrogen) atoms. The molecule has 0 amide bonds. The Labute approximate surface area is 143 Å². The summed E-state index contributed by atoms with van der Waals surface area (Å²) in [6, 6.07) is 0. The summed E-state index contributed by atoms with van der Waals surface area (Å²) in [5, 5.41) is 10.6. The minimum atomic E-state index is -0.704. The average molecular weight is 332 g/mol. The summed E-state index contributed by atoms with van der Waals surface area (Å²) >= 11 is 0. The van der Waals surface area contributed by atoms with E-state index in [2.05, 4.69) is 20.8 Å². The second-order valence-corrected chi connectivity index (χ2v) is 8.43. The number of allylic oxidation sites excluding steroid dienone is 3. The zero-order valence-electron chi connectivity index (χ0n) is 15.0. The van der Waals surface area contributed by atoms with E-state index in [9.17, 15) is 9.90 Å². The molecule has 4 heteroatoms. The SMILES string of the molecule is CC1=COC(=O)[C@H]2[C@@H]1CC(C1=C(C)[C@H]3CC[C@H](C)[C@H]3[C@H](O)O1)[C@@H]2C.